The maximum atomic E-state index is 5.91. The Labute approximate surface area is 179 Å². The molecule has 3 nitrogen and oxygen atoms in total. The first kappa shape index (κ1) is 22.4. The molecule has 0 unspecified atom stereocenters. The molecule has 0 bridgehead atoms. The molecular formula is C15H18Br2I2N2O. The van der Waals surface area contributed by atoms with Gasteiger partial charge in [0, 0.05) is 17.3 Å². The van der Waals surface area contributed by atoms with Crippen LogP contribution in [0.5, 0.6) is 5.75 Å². The Morgan fingerprint density at radius 2 is 1.73 bits per heavy atom. The van der Waals surface area contributed by atoms with Crippen molar-refractivity contribution in [3.8, 4) is 5.75 Å². The molecule has 0 aliphatic rings. The van der Waals surface area contributed by atoms with Gasteiger partial charge in [0.25, 0.3) is 0 Å². The summed E-state index contributed by atoms with van der Waals surface area (Å²) < 4.78 is 10.2. The van der Waals surface area contributed by atoms with Crippen molar-refractivity contribution in [2.45, 2.75) is 20.4 Å². The molecule has 0 amide bonds. The molecule has 0 saturated carbocycles. The molecule has 0 fully saturated rings. The summed E-state index contributed by atoms with van der Waals surface area (Å²) in [6.07, 6.45) is 4.24. The molecule has 0 aliphatic carbocycles. The number of aryl methyl sites for hydroxylation is 2. The van der Waals surface area contributed by atoms with Gasteiger partial charge >= 0.3 is 0 Å². The van der Waals surface area contributed by atoms with Crippen LogP contribution in [-0.2, 0) is 6.54 Å². The lowest BCUT2D eigenvalue weighted by atomic mass is 10.2. The number of aromatic nitrogens is 1. The van der Waals surface area contributed by atoms with Crippen molar-refractivity contribution in [3.05, 3.63) is 48.9 Å². The van der Waals surface area contributed by atoms with Gasteiger partial charge in [-0.25, -0.2) is 4.57 Å². The van der Waals surface area contributed by atoms with Crippen LogP contribution >= 0.6 is 62.2 Å². The van der Waals surface area contributed by atoms with E-state index < -0.39 is 0 Å². The minimum absolute atomic E-state index is 0. The van der Waals surface area contributed by atoms with Crippen molar-refractivity contribution in [2.75, 3.05) is 12.3 Å². The third kappa shape index (κ3) is 6.12. The average molecular weight is 656 g/mol. The Morgan fingerprint density at radius 1 is 1.14 bits per heavy atom. The molecule has 0 saturated heterocycles. The van der Waals surface area contributed by atoms with Gasteiger partial charge < -0.3 is 27.5 Å². The lowest BCUT2D eigenvalue weighted by molar-refractivity contribution is -0.697. The Morgan fingerprint density at radius 3 is 2.27 bits per heavy atom. The van der Waals surface area contributed by atoms with Gasteiger partial charge in [0.2, 0.25) is 0 Å². The summed E-state index contributed by atoms with van der Waals surface area (Å²) in [4.78, 5) is 0. The van der Waals surface area contributed by atoms with Crippen molar-refractivity contribution in [2.24, 2.45) is 0 Å². The summed E-state index contributed by atoms with van der Waals surface area (Å²) >= 11 is 4.52. The number of rotatable bonds is 4. The number of ether oxygens (including phenoxy) is 1. The molecule has 0 atom stereocenters. The molecule has 2 aromatic rings. The number of anilines is 1. The van der Waals surface area contributed by atoms with E-state index in [1.165, 1.54) is 11.1 Å². The van der Waals surface area contributed by atoms with Gasteiger partial charge in [-0.15, -0.1) is 17.0 Å². The van der Waals surface area contributed by atoms with Crippen molar-refractivity contribution in [1.29, 1.82) is 0 Å². The van der Waals surface area contributed by atoms with Gasteiger partial charge in [-0.3, -0.25) is 0 Å². The number of hydrogen-bond donors (Lipinski definition) is 1. The number of nitrogens with two attached hydrogens (primary N) is 1. The second-order valence-electron chi connectivity index (χ2n) is 4.71. The van der Waals surface area contributed by atoms with Gasteiger partial charge in [0.05, 0.1) is 7.14 Å². The smallest absolute Gasteiger partial charge is 0.182 e. The second kappa shape index (κ2) is 10.3. The highest BCUT2D eigenvalue weighted by Crippen LogP contribution is 2.29. The molecule has 7 heteroatoms. The van der Waals surface area contributed by atoms with E-state index >= 15 is 0 Å². The van der Waals surface area contributed by atoms with E-state index in [0.29, 0.717) is 6.61 Å². The predicted octanol–water partition coefficient (Wildman–Crippen LogP) is 1.04. The first-order valence-corrected chi connectivity index (χ1v) is 8.46. The molecule has 2 N–H and O–H groups in total. The van der Waals surface area contributed by atoms with Crippen molar-refractivity contribution in [3.63, 3.8) is 0 Å². The predicted molar refractivity (Wildman–Crippen MR) is 108 cm³/mol. The number of nitrogen functional groups attached to an aromatic ring is 1. The Hall–Kier alpha value is 0.390. The number of pyridine rings is 1. The largest absolute Gasteiger partial charge is 1.00 e. The summed E-state index contributed by atoms with van der Waals surface area (Å²) in [7, 11) is 0. The zero-order valence-corrected chi connectivity index (χ0v) is 19.9. The summed E-state index contributed by atoms with van der Waals surface area (Å²) in [6, 6.07) is 5.99. The van der Waals surface area contributed by atoms with E-state index in [-0.39, 0.29) is 34.0 Å². The molecule has 0 radical (unpaired) electrons. The quantitative estimate of drug-likeness (QED) is 0.304. The van der Waals surface area contributed by atoms with Crippen LogP contribution in [0.3, 0.4) is 0 Å². The van der Waals surface area contributed by atoms with Crippen LogP contribution < -0.4 is 32.0 Å². The van der Waals surface area contributed by atoms with E-state index in [9.17, 15) is 0 Å². The Bertz CT molecular complexity index is 616. The zero-order valence-electron chi connectivity index (χ0n) is 12.3. The maximum Gasteiger partial charge on any atom is 0.182 e. The second-order valence-corrected chi connectivity index (χ2v) is 7.04. The number of benzene rings is 1. The normalized spacial score (nSPS) is 9.64. The van der Waals surface area contributed by atoms with E-state index in [0.717, 1.165) is 25.1 Å². The maximum absolute atomic E-state index is 5.91. The SMILES string of the molecule is Br.Cc1cc[n+](CCOc2c(I)cc(N)cc2I)cc1C.[Br-]. The number of halogens is 4. The van der Waals surface area contributed by atoms with E-state index in [4.69, 9.17) is 10.5 Å². The van der Waals surface area contributed by atoms with Crippen LogP contribution in [0.1, 0.15) is 11.1 Å². The molecule has 122 valence electrons. The first-order valence-electron chi connectivity index (χ1n) is 6.31. The van der Waals surface area contributed by atoms with Crippen LogP contribution in [0, 0.1) is 21.0 Å². The fourth-order valence-corrected chi connectivity index (χ4v) is 3.97. The zero-order chi connectivity index (χ0) is 14.7. The highest BCUT2D eigenvalue weighted by molar-refractivity contribution is 14.1. The van der Waals surface area contributed by atoms with Crippen LogP contribution in [0.2, 0.25) is 0 Å². The van der Waals surface area contributed by atoms with Gasteiger partial charge in [0.15, 0.2) is 18.9 Å². The van der Waals surface area contributed by atoms with Crippen LogP contribution in [0.25, 0.3) is 0 Å². The van der Waals surface area contributed by atoms with Gasteiger partial charge in [0.1, 0.15) is 12.4 Å². The summed E-state index contributed by atoms with van der Waals surface area (Å²) in [6.45, 7) is 5.72. The van der Waals surface area contributed by atoms with Crippen LogP contribution in [0.15, 0.2) is 30.6 Å². The molecule has 1 aromatic carbocycles. The van der Waals surface area contributed by atoms with Gasteiger partial charge in [-0.2, -0.15) is 0 Å². The van der Waals surface area contributed by atoms with Crippen molar-refractivity contribution in [1.82, 2.24) is 0 Å². The molecule has 1 aromatic heterocycles. The lowest BCUT2D eigenvalue weighted by Gasteiger charge is -2.10. The summed E-state index contributed by atoms with van der Waals surface area (Å²) in [5.41, 5.74) is 9.19. The van der Waals surface area contributed by atoms with Gasteiger partial charge in [-0.05, 0) is 76.7 Å². The van der Waals surface area contributed by atoms with Crippen molar-refractivity contribution < 1.29 is 26.3 Å². The third-order valence-corrected chi connectivity index (χ3v) is 4.72. The molecule has 1 heterocycles. The fourth-order valence-electron chi connectivity index (χ4n) is 1.84. The average Bonchev–Trinajstić information content (AvgIpc) is 2.36. The Kier molecular flexibility index (Phi) is 10.5. The van der Waals surface area contributed by atoms with E-state index in [1.807, 2.05) is 12.1 Å². The summed E-state index contributed by atoms with van der Waals surface area (Å²) in [5, 5.41) is 0. The molecule has 0 aliphatic heterocycles. The minimum Gasteiger partial charge on any atom is -1.00 e. The van der Waals surface area contributed by atoms with E-state index in [1.54, 1.807) is 0 Å². The first-order chi connectivity index (χ1) is 9.47. The molecular weight excluding hydrogens is 638 g/mol. The highest BCUT2D eigenvalue weighted by atomic mass is 127. The summed E-state index contributed by atoms with van der Waals surface area (Å²) in [5.74, 6) is 0.921. The molecule has 2 rings (SSSR count). The molecule has 0 spiro atoms. The van der Waals surface area contributed by atoms with Crippen molar-refractivity contribution >= 4 is 67.9 Å². The number of nitrogens with zero attached hydrogens (tertiary/aromatic N) is 1. The molecule has 22 heavy (non-hydrogen) atoms. The monoisotopic (exact) mass is 654 g/mol. The van der Waals surface area contributed by atoms with E-state index in [2.05, 4.69) is 82.1 Å². The van der Waals surface area contributed by atoms with Gasteiger partial charge in [-0.1, -0.05) is 0 Å². The Balaban J connectivity index is 0.00000220. The standard InChI is InChI=1S/C15H17I2N2O.2BrH/c1-10-3-4-19(9-11(10)2)5-6-20-15-13(16)7-12(18)8-14(15)17;;/h3-4,7-9H,5-6,18H2,1-2H3;2*1H/q+1;;/p-1. The third-order valence-electron chi connectivity index (χ3n) is 3.11. The lowest BCUT2D eigenvalue weighted by Crippen LogP contribution is -3.00. The topological polar surface area (TPSA) is 39.1 Å². The minimum atomic E-state index is 0. The van der Waals surface area contributed by atoms with Crippen LogP contribution in [-0.4, -0.2) is 6.61 Å². The number of hydrogen-bond acceptors (Lipinski definition) is 2. The van der Waals surface area contributed by atoms with Crippen LogP contribution in [0.4, 0.5) is 5.69 Å². The fraction of sp³-hybridized carbons (Fsp3) is 0.267. The highest BCUT2D eigenvalue weighted by Gasteiger charge is 2.09.